The van der Waals surface area contributed by atoms with Crippen molar-refractivity contribution in [2.75, 3.05) is 0 Å². The van der Waals surface area contributed by atoms with Gasteiger partial charge in [0, 0.05) is 0 Å². The molecule has 0 aromatic heterocycles. The van der Waals surface area contributed by atoms with Crippen LogP contribution in [0.3, 0.4) is 0 Å². The summed E-state index contributed by atoms with van der Waals surface area (Å²) in [7, 11) is 0. The standard InChI is InChI=1S/C12H12O4/c1-12(2,3)16-7-4-5-8-9(6-7)11(14)15-10(8)13/h4-6H,1-3H3. The summed E-state index contributed by atoms with van der Waals surface area (Å²) in [6, 6.07) is 4.74. The quantitative estimate of drug-likeness (QED) is 0.537. The molecule has 1 aromatic carbocycles. The molecule has 1 aromatic rings. The molecule has 0 atom stereocenters. The monoisotopic (exact) mass is 220 g/mol. The lowest BCUT2D eigenvalue weighted by atomic mass is 10.1. The van der Waals surface area contributed by atoms with Crippen molar-refractivity contribution in [3.05, 3.63) is 29.3 Å². The third kappa shape index (κ3) is 1.91. The minimum absolute atomic E-state index is 0.270. The van der Waals surface area contributed by atoms with E-state index in [9.17, 15) is 9.59 Å². The van der Waals surface area contributed by atoms with Gasteiger partial charge in [-0.15, -0.1) is 0 Å². The van der Waals surface area contributed by atoms with Crippen molar-refractivity contribution in [1.82, 2.24) is 0 Å². The molecule has 84 valence electrons. The lowest BCUT2D eigenvalue weighted by Gasteiger charge is -2.21. The number of carbonyl (C=O) groups is 2. The highest BCUT2D eigenvalue weighted by atomic mass is 16.6. The molecule has 2 rings (SSSR count). The summed E-state index contributed by atoms with van der Waals surface area (Å²) in [6.07, 6.45) is 0. The number of hydrogen-bond acceptors (Lipinski definition) is 4. The van der Waals surface area contributed by atoms with Crippen LogP contribution >= 0.6 is 0 Å². The molecule has 16 heavy (non-hydrogen) atoms. The van der Waals surface area contributed by atoms with E-state index < -0.39 is 11.9 Å². The number of hydrogen-bond donors (Lipinski definition) is 0. The predicted octanol–water partition coefficient (Wildman–Crippen LogP) is 2.17. The number of rotatable bonds is 1. The SMILES string of the molecule is CC(C)(C)Oc1ccc2c(c1)C(=O)OC2=O. The third-order valence-electron chi connectivity index (χ3n) is 2.04. The molecule has 0 N–H and O–H groups in total. The molecule has 0 bridgehead atoms. The summed E-state index contributed by atoms with van der Waals surface area (Å²) < 4.78 is 10.1. The second-order valence-corrected chi connectivity index (χ2v) is 4.60. The van der Waals surface area contributed by atoms with Gasteiger partial charge in [-0.1, -0.05) is 0 Å². The van der Waals surface area contributed by atoms with Crippen molar-refractivity contribution >= 4 is 11.9 Å². The van der Waals surface area contributed by atoms with Crippen molar-refractivity contribution in [2.45, 2.75) is 26.4 Å². The summed E-state index contributed by atoms with van der Waals surface area (Å²) in [6.45, 7) is 5.72. The van der Waals surface area contributed by atoms with Gasteiger partial charge in [0.15, 0.2) is 0 Å². The number of carbonyl (C=O) groups excluding carboxylic acids is 2. The van der Waals surface area contributed by atoms with Crippen LogP contribution in [0.1, 0.15) is 41.5 Å². The maximum Gasteiger partial charge on any atom is 0.347 e. The van der Waals surface area contributed by atoms with E-state index in [-0.39, 0.29) is 11.2 Å². The van der Waals surface area contributed by atoms with Gasteiger partial charge in [-0.2, -0.15) is 0 Å². The van der Waals surface area contributed by atoms with Gasteiger partial charge in [0.1, 0.15) is 11.4 Å². The van der Waals surface area contributed by atoms with Crippen LogP contribution in [0.25, 0.3) is 0 Å². The Morgan fingerprint density at radius 2 is 1.69 bits per heavy atom. The molecule has 0 radical (unpaired) electrons. The van der Waals surface area contributed by atoms with Gasteiger partial charge < -0.3 is 9.47 Å². The molecule has 1 aliphatic heterocycles. The number of cyclic esters (lactones) is 2. The van der Waals surface area contributed by atoms with Crippen LogP contribution in [0.5, 0.6) is 5.75 Å². The molecular weight excluding hydrogens is 208 g/mol. The molecule has 0 unspecified atom stereocenters. The van der Waals surface area contributed by atoms with E-state index >= 15 is 0 Å². The summed E-state index contributed by atoms with van der Waals surface area (Å²) in [5.74, 6) is -0.653. The highest BCUT2D eigenvalue weighted by Crippen LogP contribution is 2.26. The third-order valence-corrected chi connectivity index (χ3v) is 2.04. The molecule has 1 aliphatic rings. The Morgan fingerprint density at radius 3 is 2.31 bits per heavy atom. The second-order valence-electron chi connectivity index (χ2n) is 4.60. The Kier molecular flexibility index (Phi) is 2.22. The summed E-state index contributed by atoms with van der Waals surface area (Å²) in [5.41, 5.74) is 0.221. The molecule has 0 saturated carbocycles. The lowest BCUT2D eigenvalue weighted by Crippen LogP contribution is -2.23. The number of ether oxygens (including phenoxy) is 2. The second kappa shape index (κ2) is 3.33. The van der Waals surface area contributed by atoms with Crippen molar-refractivity contribution in [3.8, 4) is 5.75 Å². The fourth-order valence-electron chi connectivity index (χ4n) is 1.48. The number of fused-ring (bicyclic) bond motifs is 1. The first-order valence-electron chi connectivity index (χ1n) is 4.96. The van der Waals surface area contributed by atoms with Gasteiger partial charge in [-0.3, -0.25) is 0 Å². The molecule has 4 nitrogen and oxygen atoms in total. The van der Waals surface area contributed by atoms with Crippen LogP contribution in [-0.2, 0) is 4.74 Å². The van der Waals surface area contributed by atoms with Crippen LogP contribution in [-0.4, -0.2) is 17.5 Å². The van der Waals surface area contributed by atoms with E-state index in [1.54, 1.807) is 12.1 Å². The van der Waals surface area contributed by atoms with Crippen molar-refractivity contribution in [3.63, 3.8) is 0 Å². The molecule has 0 amide bonds. The zero-order chi connectivity index (χ0) is 11.9. The van der Waals surface area contributed by atoms with Crippen molar-refractivity contribution < 1.29 is 19.1 Å². The zero-order valence-electron chi connectivity index (χ0n) is 9.37. The Morgan fingerprint density at radius 1 is 1.06 bits per heavy atom. The highest BCUT2D eigenvalue weighted by molar-refractivity contribution is 6.14. The average Bonchev–Trinajstić information content (AvgIpc) is 2.40. The Labute approximate surface area is 93.2 Å². The van der Waals surface area contributed by atoms with E-state index in [0.29, 0.717) is 11.3 Å². The number of benzene rings is 1. The fraction of sp³-hybridized carbons (Fsp3) is 0.333. The van der Waals surface area contributed by atoms with E-state index in [1.807, 2.05) is 20.8 Å². The molecule has 0 fully saturated rings. The van der Waals surface area contributed by atoms with Crippen molar-refractivity contribution in [2.24, 2.45) is 0 Å². The van der Waals surface area contributed by atoms with E-state index in [0.717, 1.165) is 0 Å². The summed E-state index contributed by atoms with van der Waals surface area (Å²) >= 11 is 0. The normalized spacial score (nSPS) is 14.7. The van der Waals surface area contributed by atoms with Gasteiger partial charge in [-0.25, -0.2) is 9.59 Å². The van der Waals surface area contributed by atoms with E-state index in [2.05, 4.69) is 4.74 Å². The minimum atomic E-state index is -0.612. The molecule has 0 saturated heterocycles. The first kappa shape index (κ1) is 10.7. The first-order chi connectivity index (χ1) is 7.37. The Hall–Kier alpha value is -1.84. The smallest absolute Gasteiger partial charge is 0.347 e. The minimum Gasteiger partial charge on any atom is -0.488 e. The first-order valence-corrected chi connectivity index (χ1v) is 4.96. The molecule has 4 heteroatoms. The molecule has 0 aliphatic carbocycles. The van der Waals surface area contributed by atoms with Gasteiger partial charge >= 0.3 is 11.9 Å². The molecule has 0 spiro atoms. The predicted molar refractivity (Wildman–Crippen MR) is 56.6 cm³/mol. The van der Waals surface area contributed by atoms with Crippen LogP contribution < -0.4 is 4.74 Å². The van der Waals surface area contributed by atoms with Gasteiger partial charge in [0.05, 0.1) is 11.1 Å². The lowest BCUT2D eigenvalue weighted by molar-refractivity contribution is 0.0443. The Bertz CT molecular complexity index is 468. The van der Waals surface area contributed by atoms with Gasteiger partial charge in [0.25, 0.3) is 0 Å². The van der Waals surface area contributed by atoms with Gasteiger partial charge in [-0.05, 0) is 39.0 Å². The Balaban J connectivity index is 2.37. The summed E-state index contributed by atoms with van der Waals surface area (Å²) in [4.78, 5) is 22.5. The van der Waals surface area contributed by atoms with Crippen LogP contribution in [0.4, 0.5) is 0 Å². The van der Waals surface area contributed by atoms with E-state index in [1.165, 1.54) is 6.07 Å². The van der Waals surface area contributed by atoms with Crippen LogP contribution in [0.2, 0.25) is 0 Å². The van der Waals surface area contributed by atoms with E-state index in [4.69, 9.17) is 4.74 Å². The van der Waals surface area contributed by atoms with Crippen LogP contribution in [0, 0.1) is 0 Å². The fourth-order valence-corrected chi connectivity index (χ4v) is 1.48. The van der Waals surface area contributed by atoms with Crippen LogP contribution in [0.15, 0.2) is 18.2 Å². The topological polar surface area (TPSA) is 52.6 Å². The maximum absolute atomic E-state index is 11.3. The summed E-state index contributed by atoms with van der Waals surface area (Å²) in [5, 5.41) is 0. The highest BCUT2D eigenvalue weighted by Gasteiger charge is 2.30. The maximum atomic E-state index is 11.3. The number of esters is 2. The van der Waals surface area contributed by atoms with Crippen molar-refractivity contribution in [1.29, 1.82) is 0 Å². The molecule has 1 heterocycles. The largest absolute Gasteiger partial charge is 0.488 e. The average molecular weight is 220 g/mol. The molecular formula is C12H12O4. The zero-order valence-corrected chi connectivity index (χ0v) is 9.37. The van der Waals surface area contributed by atoms with Gasteiger partial charge in [0.2, 0.25) is 0 Å².